The third-order valence-corrected chi connectivity index (χ3v) is 3.61. The first-order chi connectivity index (χ1) is 8.68. The quantitative estimate of drug-likeness (QED) is 0.810. The number of likely N-dealkylation sites (N-methyl/N-ethyl adjacent to an activating group) is 1. The van der Waals surface area contributed by atoms with Crippen LogP contribution in [0.2, 0.25) is 0 Å². The maximum atomic E-state index is 12.2. The molecule has 2 rings (SSSR count). The summed E-state index contributed by atoms with van der Waals surface area (Å²) in [4.78, 5) is 18.1. The van der Waals surface area contributed by atoms with Crippen LogP contribution in [0.3, 0.4) is 0 Å². The number of pyridine rings is 1. The smallest absolute Gasteiger partial charge is 0.242 e. The molecule has 1 fully saturated rings. The van der Waals surface area contributed by atoms with Crippen molar-refractivity contribution in [1.29, 1.82) is 5.26 Å². The van der Waals surface area contributed by atoms with Gasteiger partial charge in [-0.3, -0.25) is 9.78 Å². The van der Waals surface area contributed by atoms with Crippen LogP contribution in [0.4, 0.5) is 0 Å². The van der Waals surface area contributed by atoms with Gasteiger partial charge in [0.25, 0.3) is 0 Å². The lowest BCUT2D eigenvalue weighted by Gasteiger charge is -2.36. The van der Waals surface area contributed by atoms with Gasteiger partial charge >= 0.3 is 0 Å². The molecule has 1 heterocycles. The third kappa shape index (κ3) is 2.35. The Morgan fingerprint density at radius 1 is 1.56 bits per heavy atom. The first kappa shape index (κ1) is 12.6. The Morgan fingerprint density at radius 3 is 2.83 bits per heavy atom. The van der Waals surface area contributed by atoms with Crippen LogP contribution < -0.4 is 0 Å². The highest BCUT2D eigenvalue weighted by Crippen LogP contribution is 2.41. The monoisotopic (exact) mass is 243 g/mol. The topological polar surface area (TPSA) is 57.0 Å². The summed E-state index contributed by atoms with van der Waals surface area (Å²) in [6.07, 6.45) is 4.87. The molecule has 0 N–H and O–H groups in total. The van der Waals surface area contributed by atoms with Crippen molar-refractivity contribution in [1.82, 2.24) is 9.88 Å². The summed E-state index contributed by atoms with van der Waals surface area (Å²) in [5, 5.41) is 9.13. The highest BCUT2D eigenvalue weighted by molar-refractivity contribution is 5.86. The zero-order valence-electron chi connectivity index (χ0n) is 10.6. The van der Waals surface area contributed by atoms with Gasteiger partial charge in [0, 0.05) is 31.9 Å². The number of hydrogen-bond donors (Lipinski definition) is 0. The largest absolute Gasteiger partial charge is 0.344 e. The summed E-state index contributed by atoms with van der Waals surface area (Å²) in [6.45, 7) is 0.610. The fourth-order valence-electron chi connectivity index (χ4n) is 2.20. The average molecular weight is 243 g/mol. The Kier molecular flexibility index (Phi) is 3.61. The Balaban J connectivity index is 1.91. The Labute approximate surface area is 107 Å². The van der Waals surface area contributed by atoms with Gasteiger partial charge in [-0.1, -0.05) is 6.07 Å². The van der Waals surface area contributed by atoms with Gasteiger partial charge in [-0.25, -0.2) is 0 Å². The van der Waals surface area contributed by atoms with Crippen LogP contribution in [0.5, 0.6) is 0 Å². The van der Waals surface area contributed by atoms with E-state index in [1.807, 2.05) is 18.2 Å². The molecule has 0 atom stereocenters. The third-order valence-electron chi connectivity index (χ3n) is 3.61. The van der Waals surface area contributed by atoms with Crippen molar-refractivity contribution in [3.63, 3.8) is 0 Å². The highest BCUT2D eigenvalue weighted by atomic mass is 16.2. The lowest BCUT2D eigenvalue weighted by Crippen LogP contribution is -2.46. The number of rotatable bonds is 4. The van der Waals surface area contributed by atoms with Gasteiger partial charge in [0.1, 0.15) is 5.41 Å². The minimum Gasteiger partial charge on any atom is -0.344 e. The normalized spacial score (nSPS) is 16.4. The van der Waals surface area contributed by atoms with E-state index in [-0.39, 0.29) is 5.91 Å². The molecule has 1 aliphatic carbocycles. The Morgan fingerprint density at radius 2 is 2.33 bits per heavy atom. The maximum absolute atomic E-state index is 12.2. The highest BCUT2D eigenvalue weighted by Gasteiger charge is 2.45. The molecular weight excluding hydrogens is 226 g/mol. The molecule has 94 valence electrons. The van der Waals surface area contributed by atoms with E-state index < -0.39 is 5.41 Å². The van der Waals surface area contributed by atoms with Crippen molar-refractivity contribution in [3.8, 4) is 6.07 Å². The van der Waals surface area contributed by atoms with Crippen molar-refractivity contribution in [2.45, 2.75) is 25.7 Å². The fourth-order valence-corrected chi connectivity index (χ4v) is 2.20. The number of nitrogens with zero attached hydrogens (tertiary/aromatic N) is 3. The molecule has 1 aromatic rings. The number of aromatic nitrogens is 1. The van der Waals surface area contributed by atoms with Gasteiger partial charge in [0.2, 0.25) is 5.91 Å². The first-order valence-corrected chi connectivity index (χ1v) is 6.25. The Hall–Kier alpha value is -1.89. The molecule has 0 aromatic carbocycles. The summed E-state index contributed by atoms with van der Waals surface area (Å²) < 4.78 is 0. The summed E-state index contributed by atoms with van der Waals surface area (Å²) >= 11 is 0. The average Bonchev–Trinajstić information content (AvgIpc) is 2.36. The van der Waals surface area contributed by atoms with Crippen LogP contribution in [0, 0.1) is 16.7 Å². The predicted octanol–water partition coefficient (Wildman–Crippen LogP) is 1.78. The van der Waals surface area contributed by atoms with Crippen LogP contribution in [0.15, 0.2) is 24.4 Å². The number of carbonyl (C=O) groups is 1. The van der Waals surface area contributed by atoms with Crippen molar-refractivity contribution >= 4 is 5.91 Å². The summed E-state index contributed by atoms with van der Waals surface area (Å²) in [5.41, 5.74) is 0.232. The summed E-state index contributed by atoms with van der Waals surface area (Å²) in [7, 11) is 1.77. The number of amides is 1. The molecular formula is C14H17N3O. The molecule has 1 aliphatic rings. The molecule has 0 radical (unpaired) electrons. The number of carbonyl (C=O) groups excluding carboxylic acids is 1. The van der Waals surface area contributed by atoms with Gasteiger partial charge in [-0.15, -0.1) is 0 Å². The van der Waals surface area contributed by atoms with E-state index in [4.69, 9.17) is 5.26 Å². The molecule has 0 saturated heterocycles. The van der Waals surface area contributed by atoms with E-state index in [9.17, 15) is 4.79 Å². The zero-order chi connectivity index (χ0) is 13.0. The van der Waals surface area contributed by atoms with Crippen LogP contribution in [0.25, 0.3) is 0 Å². The zero-order valence-corrected chi connectivity index (χ0v) is 10.6. The van der Waals surface area contributed by atoms with Crippen LogP contribution >= 0.6 is 0 Å². The fraction of sp³-hybridized carbons (Fsp3) is 0.500. The van der Waals surface area contributed by atoms with Crippen molar-refractivity contribution < 1.29 is 4.79 Å². The van der Waals surface area contributed by atoms with E-state index in [1.54, 1.807) is 18.1 Å². The maximum Gasteiger partial charge on any atom is 0.242 e. The molecule has 18 heavy (non-hydrogen) atoms. The predicted molar refractivity (Wildman–Crippen MR) is 67.5 cm³/mol. The standard InChI is InChI=1S/C14H17N3O/c1-17(10-6-12-5-2-3-9-16-12)13(18)14(11-15)7-4-8-14/h2-3,5,9H,4,6-8,10H2,1H3. The molecule has 1 saturated carbocycles. The van der Waals surface area contributed by atoms with Crippen LogP contribution in [0.1, 0.15) is 25.0 Å². The van der Waals surface area contributed by atoms with E-state index in [1.165, 1.54) is 0 Å². The lowest BCUT2D eigenvalue weighted by molar-refractivity contribution is -0.141. The molecule has 1 aromatic heterocycles. The Bertz CT molecular complexity index is 460. The lowest BCUT2D eigenvalue weighted by atomic mass is 9.69. The molecule has 0 unspecified atom stereocenters. The second kappa shape index (κ2) is 5.18. The van der Waals surface area contributed by atoms with E-state index in [2.05, 4.69) is 11.1 Å². The molecule has 4 heteroatoms. The van der Waals surface area contributed by atoms with E-state index >= 15 is 0 Å². The van der Waals surface area contributed by atoms with Crippen molar-refractivity contribution in [2.75, 3.05) is 13.6 Å². The van der Waals surface area contributed by atoms with Crippen LogP contribution in [-0.4, -0.2) is 29.4 Å². The molecule has 0 aliphatic heterocycles. The van der Waals surface area contributed by atoms with E-state index in [0.29, 0.717) is 19.4 Å². The molecule has 0 spiro atoms. The summed E-state index contributed by atoms with van der Waals surface area (Å²) in [5.74, 6) is -0.0350. The molecule has 0 bridgehead atoms. The molecule has 4 nitrogen and oxygen atoms in total. The second-order valence-corrected chi connectivity index (χ2v) is 4.85. The van der Waals surface area contributed by atoms with E-state index in [0.717, 1.165) is 18.5 Å². The van der Waals surface area contributed by atoms with Gasteiger partial charge in [0.15, 0.2) is 0 Å². The van der Waals surface area contributed by atoms with Crippen molar-refractivity contribution in [2.24, 2.45) is 5.41 Å². The SMILES string of the molecule is CN(CCc1ccccn1)C(=O)C1(C#N)CCC1. The van der Waals surface area contributed by atoms with Crippen LogP contribution in [-0.2, 0) is 11.2 Å². The summed E-state index contributed by atoms with van der Waals surface area (Å²) in [6, 6.07) is 7.94. The molecule has 1 amide bonds. The van der Waals surface area contributed by atoms with Crippen molar-refractivity contribution in [3.05, 3.63) is 30.1 Å². The first-order valence-electron chi connectivity index (χ1n) is 6.25. The minimum absolute atomic E-state index is 0.0350. The van der Waals surface area contributed by atoms with Gasteiger partial charge in [-0.2, -0.15) is 5.26 Å². The minimum atomic E-state index is -0.737. The van der Waals surface area contributed by atoms with Gasteiger partial charge in [0.05, 0.1) is 6.07 Å². The van der Waals surface area contributed by atoms with Gasteiger partial charge < -0.3 is 4.90 Å². The van der Waals surface area contributed by atoms with Gasteiger partial charge in [-0.05, 0) is 31.4 Å². The number of nitriles is 1. The second-order valence-electron chi connectivity index (χ2n) is 4.85. The number of hydrogen-bond acceptors (Lipinski definition) is 3.